The molecule has 0 bridgehead atoms. The Labute approximate surface area is 174 Å². The molecule has 2 aromatic heterocycles. The van der Waals surface area contributed by atoms with E-state index in [1.807, 2.05) is 48.9 Å². The van der Waals surface area contributed by atoms with Crippen LogP contribution in [-0.2, 0) is 17.8 Å². The molecular weight excluding hydrogens is 388 g/mol. The van der Waals surface area contributed by atoms with Crippen LogP contribution in [0, 0.1) is 13.8 Å². The van der Waals surface area contributed by atoms with Gasteiger partial charge in [0.05, 0.1) is 12.2 Å². The van der Waals surface area contributed by atoms with Crippen LogP contribution in [0.2, 0.25) is 5.02 Å². The molecule has 6 nitrogen and oxygen atoms in total. The van der Waals surface area contributed by atoms with Crippen molar-refractivity contribution < 1.29 is 9.53 Å². The number of carbonyl (C=O) groups excluding carboxylic acids is 1. The van der Waals surface area contributed by atoms with Gasteiger partial charge in [0, 0.05) is 53.6 Å². The van der Waals surface area contributed by atoms with Crippen molar-refractivity contribution in [3.63, 3.8) is 0 Å². The zero-order valence-corrected chi connectivity index (χ0v) is 17.2. The van der Waals surface area contributed by atoms with E-state index in [1.54, 1.807) is 12.4 Å². The van der Waals surface area contributed by atoms with Gasteiger partial charge < -0.3 is 10.1 Å². The number of aryl methyl sites for hydroxylation is 3. The van der Waals surface area contributed by atoms with Crippen molar-refractivity contribution in [2.24, 2.45) is 0 Å². The highest BCUT2D eigenvalue weighted by atomic mass is 35.5. The van der Waals surface area contributed by atoms with Crippen LogP contribution in [0.15, 0.2) is 42.7 Å². The summed E-state index contributed by atoms with van der Waals surface area (Å²) >= 11 is 6.32. The lowest BCUT2D eigenvalue weighted by atomic mass is 10.0. The van der Waals surface area contributed by atoms with Gasteiger partial charge in [-0.15, -0.1) is 0 Å². The Balaban J connectivity index is 1.36. The van der Waals surface area contributed by atoms with E-state index in [0.717, 1.165) is 33.8 Å². The normalized spacial score (nSPS) is 15.1. The van der Waals surface area contributed by atoms with Crippen LogP contribution in [0.1, 0.15) is 23.4 Å². The van der Waals surface area contributed by atoms with Gasteiger partial charge in [-0.3, -0.25) is 14.5 Å². The fourth-order valence-corrected chi connectivity index (χ4v) is 3.92. The van der Waals surface area contributed by atoms with E-state index < -0.39 is 0 Å². The maximum Gasteiger partial charge on any atom is 0.221 e. The first kappa shape index (κ1) is 19.5. The molecular formula is C22H23ClN4O2. The average Bonchev–Trinajstić information content (AvgIpc) is 3.26. The SMILES string of the molecule is Cc1cc(C)n(CCC(=O)NC[C@@H]2Cc3cc(Cl)cc(-c4ccncc4)c3O2)n1. The summed E-state index contributed by atoms with van der Waals surface area (Å²) in [7, 11) is 0. The number of aromatic nitrogens is 3. The van der Waals surface area contributed by atoms with E-state index in [0.29, 0.717) is 31.0 Å². The molecule has 29 heavy (non-hydrogen) atoms. The first-order valence-corrected chi connectivity index (χ1v) is 10.0. The summed E-state index contributed by atoms with van der Waals surface area (Å²) in [6.07, 6.45) is 4.49. The molecule has 1 aliphatic heterocycles. The maximum absolute atomic E-state index is 12.3. The molecule has 1 amide bonds. The van der Waals surface area contributed by atoms with Gasteiger partial charge in [0.25, 0.3) is 0 Å². The third-order valence-electron chi connectivity index (χ3n) is 5.03. The highest BCUT2D eigenvalue weighted by Gasteiger charge is 2.27. The molecule has 1 N–H and O–H groups in total. The lowest BCUT2D eigenvalue weighted by Gasteiger charge is -2.14. The van der Waals surface area contributed by atoms with E-state index in [9.17, 15) is 4.79 Å². The Morgan fingerprint density at radius 3 is 2.79 bits per heavy atom. The van der Waals surface area contributed by atoms with Gasteiger partial charge in [0.1, 0.15) is 11.9 Å². The number of amides is 1. The second kappa shape index (κ2) is 8.25. The van der Waals surface area contributed by atoms with Gasteiger partial charge in [-0.1, -0.05) is 11.6 Å². The minimum Gasteiger partial charge on any atom is -0.487 e. The highest BCUT2D eigenvalue weighted by molar-refractivity contribution is 6.31. The summed E-state index contributed by atoms with van der Waals surface area (Å²) in [5, 5.41) is 8.05. The summed E-state index contributed by atoms with van der Waals surface area (Å²) in [4.78, 5) is 16.3. The van der Waals surface area contributed by atoms with E-state index in [2.05, 4.69) is 15.4 Å². The van der Waals surface area contributed by atoms with Crippen LogP contribution in [-0.4, -0.2) is 33.3 Å². The third-order valence-corrected chi connectivity index (χ3v) is 5.25. The van der Waals surface area contributed by atoms with E-state index in [4.69, 9.17) is 16.3 Å². The number of ether oxygens (including phenoxy) is 1. The highest BCUT2D eigenvalue weighted by Crippen LogP contribution is 2.40. The summed E-state index contributed by atoms with van der Waals surface area (Å²) in [6, 6.07) is 9.72. The van der Waals surface area contributed by atoms with Crippen molar-refractivity contribution in [2.75, 3.05) is 6.54 Å². The maximum atomic E-state index is 12.3. The number of benzene rings is 1. The predicted octanol–water partition coefficient (Wildman–Crippen LogP) is 3.73. The Hall–Kier alpha value is -2.86. The Morgan fingerprint density at radius 2 is 2.07 bits per heavy atom. The van der Waals surface area contributed by atoms with Crippen molar-refractivity contribution in [1.29, 1.82) is 0 Å². The summed E-state index contributed by atoms with van der Waals surface area (Å²) in [5.74, 6) is 0.826. The minimum atomic E-state index is -0.110. The van der Waals surface area contributed by atoms with Crippen LogP contribution in [0.4, 0.5) is 0 Å². The second-order valence-corrected chi connectivity index (χ2v) is 7.76. The number of nitrogens with zero attached hydrogens (tertiary/aromatic N) is 3. The summed E-state index contributed by atoms with van der Waals surface area (Å²) < 4.78 is 8.03. The number of carbonyl (C=O) groups is 1. The van der Waals surface area contributed by atoms with E-state index in [-0.39, 0.29) is 12.0 Å². The number of rotatable bonds is 6. The summed E-state index contributed by atoms with van der Waals surface area (Å²) in [5.41, 5.74) is 5.04. The number of fused-ring (bicyclic) bond motifs is 1. The topological polar surface area (TPSA) is 69.0 Å². The standard InChI is InChI=1S/C22H23ClN4O2/c1-14-9-15(2)27(26-14)8-5-21(28)25-13-19-11-17-10-18(23)12-20(22(17)29-19)16-3-6-24-7-4-16/h3-4,6-7,9-10,12,19H,5,8,11,13H2,1-2H3,(H,25,28)/t19-/m0/s1. The molecule has 0 radical (unpaired) electrons. The van der Waals surface area contributed by atoms with Crippen LogP contribution >= 0.6 is 11.6 Å². The molecule has 7 heteroatoms. The van der Waals surface area contributed by atoms with Gasteiger partial charge in [0.2, 0.25) is 5.91 Å². The van der Waals surface area contributed by atoms with Gasteiger partial charge in [-0.05, 0) is 49.7 Å². The number of hydrogen-bond acceptors (Lipinski definition) is 4. The molecule has 0 fully saturated rings. The molecule has 3 heterocycles. The molecule has 4 rings (SSSR count). The molecule has 1 atom stereocenters. The first-order chi connectivity index (χ1) is 14.0. The molecule has 1 aliphatic rings. The van der Waals surface area contributed by atoms with Crippen molar-refractivity contribution in [3.05, 3.63) is 64.7 Å². The Bertz CT molecular complexity index is 1030. The molecule has 150 valence electrons. The smallest absolute Gasteiger partial charge is 0.221 e. The van der Waals surface area contributed by atoms with Gasteiger partial charge >= 0.3 is 0 Å². The van der Waals surface area contributed by atoms with Crippen molar-refractivity contribution in [3.8, 4) is 16.9 Å². The van der Waals surface area contributed by atoms with E-state index >= 15 is 0 Å². The van der Waals surface area contributed by atoms with Crippen molar-refractivity contribution in [1.82, 2.24) is 20.1 Å². The molecule has 0 saturated carbocycles. The Morgan fingerprint density at radius 1 is 1.28 bits per heavy atom. The van der Waals surface area contributed by atoms with Crippen molar-refractivity contribution >= 4 is 17.5 Å². The van der Waals surface area contributed by atoms with E-state index in [1.165, 1.54) is 0 Å². The molecule has 0 aliphatic carbocycles. The van der Waals surface area contributed by atoms with Crippen LogP contribution in [0.25, 0.3) is 11.1 Å². The average molecular weight is 411 g/mol. The zero-order valence-electron chi connectivity index (χ0n) is 16.5. The summed E-state index contributed by atoms with van der Waals surface area (Å²) in [6.45, 7) is 4.97. The molecule has 0 saturated heterocycles. The lowest BCUT2D eigenvalue weighted by molar-refractivity contribution is -0.121. The fraction of sp³-hybridized carbons (Fsp3) is 0.318. The van der Waals surface area contributed by atoms with Crippen LogP contribution in [0.5, 0.6) is 5.75 Å². The first-order valence-electron chi connectivity index (χ1n) is 9.67. The molecule has 1 aromatic carbocycles. The van der Waals surface area contributed by atoms with Crippen LogP contribution < -0.4 is 10.1 Å². The second-order valence-electron chi connectivity index (χ2n) is 7.33. The number of pyridine rings is 1. The quantitative estimate of drug-likeness (QED) is 0.672. The predicted molar refractivity (Wildman–Crippen MR) is 112 cm³/mol. The lowest BCUT2D eigenvalue weighted by Crippen LogP contribution is -2.34. The third kappa shape index (κ3) is 4.43. The van der Waals surface area contributed by atoms with Crippen molar-refractivity contribution in [2.45, 2.75) is 39.3 Å². The number of halogens is 1. The molecule has 0 unspecified atom stereocenters. The van der Waals surface area contributed by atoms with Crippen LogP contribution in [0.3, 0.4) is 0 Å². The molecule has 3 aromatic rings. The zero-order chi connectivity index (χ0) is 20.4. The minimum absolute atomic E-state index is 0.00972. The monoisotopic (exact) mass is 410 g/mol. The van der Waals surface area contributed by atoms with Gasteiger partial charge in [-0.2, -0.15) is 5.10 Å². The molecule has 0 spiro atoms. The van der Waals surface area contributed by atoms with Gasteiger partial charge in [0.15, 0.2) is 0 Å². The number of nitrogens with one attached hydrogen (secondary N) is 1. The number of hydrogen-bond donors (Lipinski definition) is 1. The van der Waals surface area contributed by atoms with Gasteiger partial charge in [-0.25, -0.2) is 0 Å². The largest absolute Gasteiger partial charge is 0.487 e. The fourth-order valence-electron chi connectivity index (χ4n) is 3.68. The Kier molecular flexibility index (Phi) is 5.53.